The highest BCUT2D eigenvalue weighted by Gasteiger charge is 2.10. The van der Waals surface area contributed by atoms with Gasteiger partial charge in [0.05, 0.1) is 28.1 Å². The van der Waals surface area contributed by atoms with Gasteiger partial charge in [-0.2, -0.15) is 0 Å². The van der Waals surface area contributed by atoms with Gasteiger partial charge >= 0.3 is 0 Å². The number of rotatable bonds is 3. The molecule has 0 aliphatic carbocycles. The van der Waals surface area contributed by atoms with Crippen molar-refractivity contribution in [1.82, 2.24) is 9.97 Å². The molecule has 4 nitrogen and oxygen atoms in total. The Hall–Kier alpha value is -1.85. The Labute approximate surface area is 125 Å². The average molecular weight is 306 g/mol. The zero-order valence-electron chi connectivity index (χ0n) is 10.7. The fourth-order valence-corrected chi connectivity index (χ4v) is 3.02. The number of anilines is 1. The third-order valence-electron chi connectivity index (χ3n) is 2.86. The fourth-order valence-electron chi connectivity index (χ4n) is 1.87. The minimum absolute atomic E-state index is 0.619. The second-order valence-corrected chi connectivity index (χ2v) is 5.59. The van der Waals surface area contributed by atoms with E-state index < -0.39 is 0 Å². The Morgan fingerprint density at radius 3 is 2.90 bits per heavy atom. The number of imidazole rings is 1. The molecule has 0 amide bonds. The predicted octanol–water partition coefficient (Wildman–Crippen LogP) is 3.96. The van der Waals surface area contributed by atoms with Crippen LogP contribution in [0.25, 0.3) is 11.0 Å². The lowest BCUT2D eigenvalue weighted by Crippen LogP contribution is -1.89. The molecule has 0 spiro atoms. The highest BCUT2D eigenvalue weighted by atomic mass is 35.5. The van der Waals surface area contributed by atoms with E-state index in [9.17, 15) is 0 Å². The van der Waals surface area contributed by atoms with Gasteiger partial charge in [0.1, 0.15) is 5.75 Å². The molecule has 1 heterocycles. The normalized spacial score (nSPS) is 10.9. The van der Waals surface area contributed by atoms with E-state index in [1.165, 1.54) is 11.8 Å². The number of hydrogen-bond donors (Lipinski definition) is 2. The molecule has 0 atom stereocenters. The number of nitrogen functional groups attached to an aromatic ring is 1. The topological polar surface area (TPSA) is 63.9 Å². The van der Waals surface area contributed by atoms with Crippen molar-refractivity contribution in [2.75, 3.05) is 12.8 Å². The van der Waals surface area contributed by atoms with E-state index in [0.29, 0.717) is 10.7 Å². The van der Waals surface area contributed by atoms with E-state index in [0.717, 1.165) is 26.8 Å². The third-order valence-corrected chi connectivity index (χ3v) is 4.34. The number of hydrogen-bond acceptors (Lipinski definition) is 4. The van der Waals surface area contributed by atoms with Gasteiger partial charge in [-0.3, -0.25) is 0 Å². The summed E-state index contributed by atoms with van der Waals surface area (Å²) >= 11 is 7.58. The first kappa shape index (κ1) is 13.1. The smallest absolute Gasteiger partial charge is 0.171 e. The van der Waals surface area contributed by atoms with Crippen LogP contribution in [0.4, 0.5) is 5.69 Å². The molecule has 3 aromatic rings. The predicted molar refractivity (Wildman–Crippen MR) is 82.6 cm³/mol. The number of nitrogens with two attached hydrogens (primary N) is 1. The summed E-state index contributed by atoms with van der Waals surface area (Å²) in [5.74, 6) is 0.787. The zero-order chi connectivity index (χ0) is 14.1. The van der Waals surface area contributed by atoms with Gasteiger partial charge in [0.25, 0.3) is 0 Å². The van der Waals surface area contributed by atoms with Crippen molar-refractivity contribution in [1.29, 1.82) is 0 Å². The number of H-pyrrole nitrogens is 1. The minimum Gasteiger partial charge on any atom is -0.497 e. The van der Waals surface area contributed by atoms with Gasteiger partial charge < -0.3 is 15.5 Å². The maximum Gasteiger partial charge on any atom is 0.171 e. The molecular weight excluding hydrogens is 294 g/mol. The van der Waals surface area contributed by atoms with E-state index in [4.69, 9.17) is 22.1 Å². The van der Waals surface area contributed by atoms with Gasteiger partial charge in [-0.1, -0.05) is 17.7 Å². The van der Waals surface area contributed by atoms with Crippen LogP contribution in [0.5, 0.6) is 5.75 Å². The molecule has 6 heteroatoms. The number of aromatic nitrogens is 2. The number of methoxy groups -OCH3 is 1. The van der Waals surface area contributed by atoms with Crippen molar-refractivity contribution < 1.29 is 4.74 Å². The van der Waals surface area contributed by atoms with Crippen LogP contribution in [0.1, 0.15) is 0 Å². The van der Waals surface area contributed by atoms with Crippen LogP contribution >= 0.6 is 23.4 Å². The first-order chi connectivity index (χ1) is 9.67. The van der Waals surface area contributed by atoms with E-state index in [1.54, 1.807) is 7.11 Å². The van der Waals surface area contributed by atoms with Gasteiger partial charge in [0, 0.05) is 11.8 Å². The van der Waals surface area contributed by atoms with Gasteiger partial charge in [-0.25, -0.2) is 4.98 Å². The first-order valence-electron chi connectivity index (χ1n) is 5.93. The van der Waals surface area contributed by atoms with Crippen molar-refractivity contribution in [2.45, 2.75) is 10.1 Å². The fraction of sp³-hybridized carbons (Fsp3) is 0.0714. The van der Waals surface area contributed by atoms with Crippen molar-refractivity contribution in [3.63, 3.8) is 0 Å². The average Bonchev–Trinajstić information content (AvgIpc) is 2.84. The molecule has 3 N–H and O–H groups in total. The number of halogens is 1. The van der Waals surface area contributed by atoms with Gasteiger partial charge in [-0.15, -0.1) is 0 Å². The maximum absolute atomic E-state index is 6.16. The summed E-state index contributed by atoms with van der Waals surface area (Å²) in [5.41, 5.74) is 8.37. The Morgan fingerprint density at radius 2 is 2.15 bits per heavy atom. The lowest BCUT2D eigenvalue weighted by Gasteiger charge is -2.04. The maximum atomic E-state index is 6.16. The zero-order valence-corrected chi connectivity index (χ0v) is 12.3. The lowest BCUT2D eigenvalue weighted by atomic mass is 10.3. The first-order valence-corrected chi connectivity index (χ1v) is 7.12. The number of ether oxygens (including phenoxy) is 1. The SMILES string of the molecule is COc1ccc2nc(Sc3c(N)cccc3Cl)[nH]c2c1. The summed E-state index contributed by atoms with van der Waals surface area (Å²) in [5, 5.41) is 1.36. The molecule has 3 rings (SSSR count). The molecule has 1 aromatic heterocycles. The number of fused-ring (bicyclic) bond motifs is 1. The summed E-state index contributed by atoms with van der Waals surface area (Å²) in [6.07, 6.45) is 0. The molecule has 0 fully saturated rings. The molecular formula is C14H12ClN3OS. The summed E-state index contributed by atoms with van der Waals surface area (Å²) in [7, 11) is 1.64. The van der Waals surface area contributed by atoms with Gasteiger partial charge in [0.15, 0.2) is 5.16 Å². The van der Waals surface area contributed by atoms with Crippen LogP contribution in [0.3, 0.4) is 0 Å². The van der Waals surface area contributed by atoms with E-state index >= 15 is 0 Å². The van der Waals surface area contributed by atoms with Crippen LogP contribution in [0.15, 0.2) is 46.5 Å². The Morgan fingerprint density at radius 1 is 1.30 bits per heavy atom. The van der Waals surface area contributed by atoms with Gasteiger partial charge in [0.2, 0.25) is 0 Å². The summed E-state index contributed by atoms with van der Waals surface area (Å²) < 4.78 is 5.19. The molecule has 0 saturated heterocycles. The summed E-state index contributed by atoms with van der Waals surface area (Å²) in [6, 6.07) is 11.1. The lowest BCUT2D eigenvalue weighted by molar-refractivity contribution is 0.415. The van der Waals surface area contributed by atoms with Crippen LogP contribution in [0, 0.1) is 0 Å². The Balaban J connectivity index is 1.99. The van der Waals surface area contributed by atoms with Crippen LogP contribution in [-0.4, -0.2) is 17.1 Å². The second kappa shape index (κ2) is 5.26. The van der Waals surface area contributed by atoms with Crippen molar-refractivity contribution in [2.24, 2.45) is 0 Å². The monoisotopic (exact) mass is 305 g/mol. The molecule has 0 bridgehead atoms. The van der Waals surface area contributed by atoms with E-state index in [-0.39, 0.29) is 0 Å². The summed E-state index contributed by atoms with van der Waals surface area (Å²) in [6.45, 7) is 0. The quantitative estimate of drug-likeness (QED) is 0.719. The van der Waals surface area contributed by atoms with E-state index in [2.05, 4.69) is 9.97 Å². The largest absolute Gasteiger partial charge is 0.497 e. The van der Waals surface area contributed by atoms with Crippen LogP contribution in [-0.2, 0) is 0 Å². The molecule has 0 unspecified atom stereocenters. The Kier molecular flexibility index (Phi) is 3.46. The second-order valence-electron chi connectivity index (χ2n) is 4.19. The highest BCUT2D eigenvalue weighted by molar-refractivity contribution is 7.99. The molecule has 102 valence electrons. The van der Waals surface area contributed by atoms with Crippen molar-refractivity contribution >= 4 is 40.1 Å². The molecule has 0 aliphatic heterocycles. The molecule has 2 aromatic carbocycles. The van der Waals surface area contributed by atoms with E-state index in [1.807, 2.05) is 36.4 Å². The number of nitrogens with one attached hydrogen (secondary N) is 1. The van der Waals surface area contributed by atoms with Crippen molar-refractivity contribution in [3.8, 4) is 5.75 Å². The van der Waals surface area contributed by atoms with Gasteiger partial charge in [-0.05, 0) is 36.0 Å². The highest BCUT2D eigenvalue weighted by Crippen LogP contribution is 2.37. The third kappa shape index (κ3) is 2.42. The molecule has 0 radical (unpaired) electrons. The minimum atomic E-state index is 0.619. The van der Waals surface area contributed by atoms with Crippen LogP contribution < -0.4 is 10.5 Å². The summed E-state index contributed by atoms with van der Waals surface area (Å²) in [4.78, 5) is 8.54. The molecule has 20 heavy (non-hydrogen) atoms. The van der Waals surface area contributed by atoms with Crippen LogP contribution in [0.2, 0.25) is 5.02 Å². The number of aromatic amines is 1. The number of nitrogens with zero attached hydrogens (tertiary/aromatic N) is 1. The number of benzene rings is 2. The molecule has 0 aliphatic rings. The Bertz CT molecular complexity index is 752. The van der Waals surface area contributed by atoms with Crippen molar-refractivity contribution in [3.05, 3.63) is 41.4 Å². The standard InChI is InChI=1S/C14H12ClN3OS/c1-19-8-5-6-11-12(7-8)18-14(17-11)20-13-9(15)3-2-4-10(13)16/h2-7H,16H2,1H3,(H,17,18). The molecule has 0 saturated carbocycles.